The molecule has 0 spiro atoms. The highest BCUT2D eigenvalue weighted by Crippen LogP contribution is 2.35. The van der Waals surface area contributed by atoms with E-state index < -0.39 is 0 Å². The Balaban J connectivity index is 1.59. The minimum Gasteiger partial charge on any atom is -0.298 e. The van der Waals surface area contributed by atoms with Crippen LogP contribution in [0.4, 0.5) is 0 Å². The van der Waals surface area contributed by atoms with Crippen LogP contribution in [0.3, 0.4) is 0 Å². The molecular formula is C15H25N3S. The van der Waals surface area contributed by atoms with Crippen molar-refractivity contribution in [3.05, 3.63) is 18.0 Å². The van der Waals surface area contributed by atoms with Gasteiger partial charge in [0.2, 0.25) is 0 Å². The van der Waals surface area contributed by atoms with Gasteiger partial charge in [-0.3, -0.25) is 9.58 Å². The normalized spacial score (nSPS) is 28.3. The van der Waals surface area contributed by atoms with Crippen LogP contribution in [-0.4, -0.2) is 44.8 Å². The van der Waals surface area contributed by atoms with E-state index >= 15 is 0 Å². The third kappa shape index (κ3) is 3.00. The van der Waals surface area contributed by atoms with Crippen LogP contribution in [0.5, 0.6) is 0 Å². The molecule has 2 heterocycles. The van der Waals surface area contributed by atoms with E-state index in [1.54, 1.807) is 0 Å². The molecule has 2 aliphatic rings. The summed E-state index contributed by atoms with van der Waals surface area (Å²) in [4.78, 5) is 2.76. The molecule has 3 nitrogen and oxygen atoms in total. The van der Waals surface area contributed by atoms with Gasteiger partial charge in [-0.05, 0) is 25.8 Å². The Hall–Kier alpha value is -0.480. The minimum atomic E-state index is 0.852. The van der Waals surface area contributed by atoms with Gasteiger partial charge in [-0.25, -0.2) is 0 Å². The number of nitrogens with zero attached hydrogens (tertiary/aromatic N) is 3. The van der Waals surface area contributed by atoms with E-state index in [4.69, 9.17) is 0 Å². The van der Waals surface area contributed by atoms with E-state index in [0.717, 1.165) is 24.3 Å². The molecule has 0 bridgehead atoms. The molecule has 3 rings (SSSR count). The van der Waals surface area contributed by atoms with Crippen LogP contribution < -0.4 is 0 Å². The topological polar surface area (TPSA) is 21.1 Å². The van der Waals surface area contributed by atoms with E-state index in [-0.39, 0.29) is 0 Å². The molecule has 1 aliphatic carbocycles. The summed E-state index contributed by atoms with van der Waals surface area (Å²) in [5, 5.41) is 5.29. The Kier molecular flexibility index (Phi) is 4.49. The van der Waals surface area contributed by atoms with Gasteiger partial charge in [-0.1, -0.05) is 12.8 Å². The lowest BCUT2D eigenvalue weighted by atomic mass is 9.93. The summed E-state index contributed by atoms with van der Waals surface area (Å²) in [5.74, 6) is 1.33. The third-order valence-corrected chi connectivity index (χ3v) is 6.00. The lowest BCUT2D eigenvalue weighted by Gasteiger charge is -2.43. The Morgan fingerprint density at radius 1 is 1.37 bits per heavy atom. The van der Waals surface area contributed by atoms with Crippen molar-refractivity contribution in [3.63, 3.8) is 0 Å². The first-order valence-corrected chi connectivity index (χ1v) is 8.79. The van der Waals surface area contributed by atoms with Crippen molar-refractivity contribution < 1.29 is 0 Å². The van der Waals surface area contributed by atoms with Gasteiger partial charge in [-0.2, -0.15) is 16.9 Å². The van der Waals surface area contributed by atoms with Crippen LogP contribution in [0.2, 0.25) is 0 Å². The second-order valence-electron chi connectivity index (χ2n) is 5.69. The summed E-state index contributed by atoms with van der Waals surface area (Å²) in [7, 11) is 0. The Morgan fingerprint density at radius 3 is 3.16 bits per heavy atom. The first-order chi connectivity index (χ1) is 9.38. The van der Waals surface area contributed by atoms with E-state index in [0.29, 0.717) is 0 Å². The lowest BCUT2D eigenvalue weighted by Crippen LogP contribution is -2.49. The van der Waals surface area contributed by atoms with E-state index in [1.165, 1.54) is 50.2 Å². The fraction of sp³-hybridized carbons (Fsp3) is 0.800. The van der Waals surface area contributed by atoms with E-state index in [9.17, 15) is 0 Å². The minimum absolute atomic E-state index is 0.852. The standard InChI is InChI=1S/C15H25N3S/c1-2-18-13(7-9-16-18)8-10-17-11-12-19-15-6-4-3-5-14(15)17/h7,9,14-15H,2-6,8,10-12H2,1H3/t14-,15-/m0/s1. The zero-order valence-corrected chi connectivity index (χ0v) is 12.7. The van der Waals surface area contributed by atoms with Crippen molar-refractivity contribution >= 4 is 11.8 Å². The molecule has 1 saturated heterocycles. The van der Waals surface area contributed by atoms with Gasteiger partial charge in [0.15, 0.2) is 0 Å². The molecule has 1 aromatic heterocycles. The number of hydrogen-bond acceptors (Lipinski definition) is 3. The quantitative estimate of drug-likeness (QED) is 0.845. The fourth-order valence-corrected chi connectivity index (χ4v) is 5.08. The molecule has 4 heteroatoms. The molecular weight excluding hydrogens is 254 g/mol. The Labute approximate surface area is 120 Å². The number of aromatic nitrogens is 2. The predicted molar refractivity (Wildman–Crippen MR) is 81.7 cm³/mol. The van der Waals surface area contributed by atoms with E-state index in [2.05, 4.69) is 39.4 Å². The fourth-order valence-electron chi connectivity index (χ4n) is 3.57. The smallest absolute Gasteiger partial charge is 0.0492 e. The van der Waals surface area contributed by atoms with Crippen LogP contribution in [0, 0.1) is 0 Å². The third-order valence-electron chi connectivity index (χ3n) is 4.61. The Bertz CT molecular complexity index is 402. The summed E-state index contributed by atoms with van der Waals surface area (Å²) in [6, 6.07) is 3.03. The van der Waals surface area contributed by atoms with Crippen molar-refractivity contribution in [2.24, 2.45) is 0 Å². The number of aryl methyl sites for hydroxylation is 1. The highest BCUT2D eigenvalue weighted by Gasteiger charge is 2.33. The average Bonchev–Trinajstić information content (AvgIpc) is 2.92. The number of rotatable bonds is 4. The monoisotopic (exact) mass is 279 g/mol. The summed E-state index contributed by atoms with van der Waals surface area (Å²) in [6.07, 6.45) is 8.84. The molecule has 0 radical (unpaired) electrons. The first kappa shape index (κ1) is 13.5. The van der Waals surface area contributed by atoms with Gasteiger partial charge < -0.3 is 0 Å². The average molecular weight is 279 g/mol. The zero-order valence-electron chi connectivity index (χ0n) is 11.9. The molecule has 0 amide bonds. The summed E-state index contributed by atoms with van der Waals surface area (Å²) in [6.45, 7) is 5.66. The van der Waals surface area contributed by atoms with Crippen LogP contribution in [0.1, 0.15) is 38.3 Å². The maximum atomic E-state index is 4.37. The van der Waals surface area contributed by atoms with Gasteiger partial charge in [0, 0.05) is 55.0 Å². The molecule has 106 valence electrons. The summed E-state index contributed by atoms with van der Waals surface area (Å²) < 4.78 is 2.14. The van der Waals surface area contributed by atoms with Crippen LogP contribution in [-0.2, 0) is 13.0 Å². The maximum absolute atomic E-state index is 4.37. The van der Waals surface area contributed by atoms with Gasteiger partial charge in [0.1, 0.15) is 0 Å². The molecule has 0 N–H and O–H groups in total. The maximum Gasteiger partial charge on any atom is 0.0492 e. The molecule has 19 heavy (non-hydrogen) atoms. The van der Waals surface area contributed by atoms with E-state index in [1.807, 2.05) is 6.20 Å². The van der Waals surface area contributed by atoms with Crippen LogP contribution in [0.15, 0.2) is 12.3 Å². The zero-order chi connectivity index (χ0) is 13.1. The first-order valence-electron chi connectivity index (χ1n) is 7.75. The largest absolute Gasteiger partial charge is 0.298 e. The van der Waals surface area contributed by atoms with Crippen molar-refractivity contribution in [2.75, 3.05) is 18.8 Å². The number of fused-ring (bicyclic) bond motifs is 1. The molecule has 1 aromatic rings. The van der Waals surface area contributed by atoms with Crippen LogP contribution in [0.25, 0.3) is 0 Å². The van der Waals surface area contributed by atoms with Crippen molar-refractivity contribution in [2.45, 2.75) is 56.9 Å². The summed E-state index contributed by atoms with van der Waals surface area (Å²) in [5.41, 5.74) is 1.40. The van der Waals surface area contributed by atoms with Gasteiger partial charge in [0.25, 0.3) is 0 Å². The molecule has 0 aromatic carbocycles. The molecule has 1 saturated carbocycles. The van der Waals surface area contributed by atoms with Crippen molar-refractivity contribution in [1.29, 1.82) is 0 Å². The van der Waals surface area contributed by atoms with Gasteiger partial charge >= 0.3 is 0 Å². The predicted octanol–water partition coefficient (Wildman–Crippen LogP) is 2.81. The molecule has 2 fully saturated rings. The lowest BCUT2D eigenvalue weighted by molar-refractivity contribution is 0.164. The van der Waals surface area contributed by atoms with Gasteiger partial charge in [-0.15, -0.1) is 0 Å². The second-order valence-corrected chi connectivity index (χ2v) is 7.03. The SMILES string of the molecule is CCn1nccc1CCN1CCS[C@H]2CCCC[C@@H]21. The van der Waals surface area contributed by atoms with Crippen LogP contribution >= 0.6 is 11.8 Å². The van der Waals surface area contributed by atoms with Crippen molar-refractivity contribution in [3.8, 4) is 0 Å². The molecule has 1 aliphatic heterocycles. The molecule has 0 unspecified atom stereocenters. The highest BCUT2D eigenvalue weighted by molar-refractivity contribution is 8.00. The molecule has 2 atom stereocenters. The number of thioether (sulfide) groups is 1. The highest BCUT2D eigenvalue weighted by atomic mass is 32.2. The Morgan fingerprint density at radius 2 is 2.26 bits per heavy atom. The van der Waals surface area contributed by atoms with Crippen molar-refractivity contribution in [1.82, 2.24) is 14.7 Å². The second kappa shape index (κ2) is 6.31. The number of hydrogen-bond donors (Lipinski definition) is 0. The summed E-state index contributed by atoms with van der Waals surface area (Å²) >= 11 is 2.22. The van der Waals surface area contributed by atoms with Gasteiger partial charge in [0.05, 0.1) is 0 Å².